The van der Waals surface area contributed by atoms with Crippen molar-refractivity contribution in [3.63, 3.8) is 0 Å². The lowest BCUT2D eigenvalue weighted by molar-refractivity contribution is 0.136. The zero-order valence-electron chi connectivity index (χ0n) is 18.9. The van der Waals surface area contributed by atoms with E-state index in [0.29, 0.717) is 19.4 Å². The Hall–Kier alpha value is -1.69. The van der Waals surface area contributed by atoms with E-state index in [1.807, 2.05) is 32.9 Å². The van der Waals surface area contributed by atoms with Gasteiger partial charge in [0.25, 0.3) is 0 Å². The zero-order chi connectivity index (χ0) is 22.1. The number of methoxy groups -OCH3 is 1. The van der Waals surface area contributed by atoms with E-state index in [1.165, 1.54) is 16.7 Å². The first-order valence-corrected chi connectivity index (χ1v) is 11.8. The molecule has 1 heterocycles. The van der Waals surface area contributed by atoms with Gasteiger partial charge in [0.2, 0.25) is 0 Å². The molecule has 0 spiro atoms. The Balaban J connectivity index is 0.00000155. The van der Waals surface area contributed by atoms with Crippen LogP contribution < -0.4 is 9.47 Å². The molecule has 1 fully saturated rings. The van der Waals surface area contributed by atoms with Crippen molar-refractivity contribution in [2.45, 2.75) is 63.6 Å². The van der Waals surface area contributed by atoms with Gasteiger partial charge in [-0.2, -0.15) is 0 Å². The molecule has 1 aliphatic rings. The molecule has 0 amide bonds. The molecule has 5 heteroatoms. The lowest BCUT2D eigenvalue weighted by Gasteiger charge is -2.32. The Morgan fingerprint density at radius 2 is 1.80 bits per heavy atom. The minimum absolute atomic E-state index is 0.0642. The predicted molar refractivity (Wildman–Crippen MR) is 126 cm³/mol. The zero-order valence-corrected chi connectivity index (χ0v) is 19.7. The molecule has 0 saturated carbocycles. The monoisotopic (exact) mass is 432 g/mol. The number of aliphatic hydroxyl groups excluding tert-OH is 2. The highest BCUT2D eigenvalue weighted by atomic mass is 32.2. The quantitative estimate of drug-likeness (QED) is 0.621. The standard InChI is InChI=1S/C23H30O4S.C2H6/c1-4-27-19-7-5-16(6-8-19)10-17-11-21(22(26-3)9-15(17)2)23-13-18(25)12-20(14-24)28-23;1-2/h5-9,11,18,20,23-25H,4,10,12-14H2,1-3H3;1-2H3. The van der Waals surface area contributed by atoms with Crippen molar-refractivity contribution < 1.29 is 19.7 Å². The molecule has 0 radical (unpaired) electrons. The Morgan fingerprint density at radius 3 is 2.40 bits per heavy atom. The molecule has 0 aromatic heterocycles. The molecule has 1 saturated heterocycles. The SMILES string of the molecule is CC.CCOc1ccc(Cc2cc(C3CC(O)CC(CO)S3)c(OC)cc2C)cc1. The molecule has 2 N–H and O–H groups in total. The Kier molecular flexibility index (Phi) is 10.0. The number of thioether (sulfide) groups is 1. The summed E-state index contributed by atoms with van der Waals surface area (Å²) in [5.74, 6) is 1.75. The molecule has 166 valence electrons. The second-order valence-electron chi connectivity index (χ2n) is 7.33. The number of rotatable bonds is 7. The van der Waals surface area contributed by atoms with Gasteiger partial charge in [0.05, 0.1) is 26.4 Å². The van der Waals surface area contributed by atoms with Crippen molar-refractivity contribution >= 4 is 11.8 Å². The molecular formula is C25H36O4S. The maximum absolute atomic E-state index is 10.3. The van der Waals surface area contributed by atoms with Crippen molar-refractivity contribution in [1.82, 2.24) is 0 Å². The summed E-state index contributed by atoms with van der Waals surface area (Å²) < 4.78 is 11.2. The van der Waals surface area contributed by atoms with Crippen LogP contribution in [0.25, 0.3) is 0 Å². The van der Waals surface area contributed by atoms with Gasteiger partial charge in [-0.25, -0.2) is 0 Å². The minimum atomic E-state index is -0.385. The van der Waals surface area contributed by atoms with Gasteiger partial charge in [0, 0.05) is 16.1 Å². The number of benzene rings is 2. The average Bonchev–Trinajstić information content (AvgIpc) is 2.77. The summed E-state index contributed by atoms with van der Waals surface area (Å²) in [5.41, 5.74) is 4.78. The van der Waals surface area contributed by atoms with E-state index in [9.17, 15) is 10.2 Å². The highest BCUT2D eigenvalue weighted by molar-refractivity contribution is 8.00. The van der Waals surface area contributed by atoms with Crippen molar-refractivity contribution in [3.8, 4) is 11.5 Å². The van der Waals surface area contributed by atoms with Crippen LogP contribution in [-0.4, -0.2) is 41.9 Å². The first-order chi connectivity index (χ1) is 14.5. The topological polar surface area (TPSA) is 58.9 Å². The van der Waals surface area contributed by atoms with E-state index in [0.717, 1.165) is 23.5 Å². The molecule has 0 aliphatic carbocycles. The van der Waals surface area contributed by atoms with Crippen LogP contribution >= 0.6 is 11.8 Å². The van der Waals surface area contributed by atoms with Crippen LogP contribution in [-0.2, 0) is 6.42 Å². The van der Waals surface area contributed by atoms with Crippen LogP contribution in [0, 0.1) is 6.92 Å². The number of aliphatic hydroxyl groups is 2. The third-order valence-electron chi connectivity index (χ3n) is 5.25. The summed E-state index contributed by atoms with van der Waals surface area (Å²) in [5, 5.41) is 20.0. The molecule has 0 bridgehead atoms. The Labute approximate surface area is 185 Å². The van der Waals surface area contributed by atoms with Gasteiger partial charge in [-0.15, -0.1) is 11.8 Å². The third kappa shape index (κ3) is 6.40. The first kappa shape index (κ1) is 24.6. The van der Waals surface area contributed by atoms with Crippen LogP contribution in [0.3, 0.4) is 0 Å². The summed E-state index contributed by atoms with van der Waals surface area (Å²) in [6, 6.07) is 12.5. The van der Waals surface area contributed by atoms with Gasteiger partial charge in [0.15, 0.2) is 0 Å². The fraction of sp³-hybridized carbons (Fsp3) is 0.520. The molecule has 2 aromatic rings. The van der Waals surface area contributed by atoms with Gasteiger partial charge in [-0.1, -0.05) is 32.0 Å². The molecule has 1 aliphatic heterocycles. The average molecular weight is 433 g/mol. The number of ether oxygens (including phenoxy) is 2. The highest BCUT2D eigenvalue weighted by Crippen LogP contribution is 2.46. The smallest absolute Gasteiger partial charge is 0.123 e. The van der Waals surface area contributed by atoms with E-state index in [-0.39, 0.29) is 23.2 Å². The van der Waals surface area contributed by atoms with E-state index >= 15 is 0 Å². The molecule has 30 heavy (non-hydrogen) atoms. The van der Waals surface area contributed by atoms with Crippen LogP contribution in [0.2, 0.25) is 0 Å². The van der Waals surface area contributed by atoms with Gasteiger partial charge in [0.1, 0.15) is 11.5 Å². The Bertz CT molecular complexity index is 775. The maximum atomic E-state index is 10.3. The summed E-state index contributed by atoms with van der Waals surface area (Å²) in [7, 11) is 1.69. The molecule has 3 unspecified atom stereocenters. The van der Waals surface area contributed by atoms with E-state index in [4.69, 9.17) is 9.47 Å². The van der Waals surface area contributed by atoms with Crippen molar-refractivity contribution in [2.75, 3.05) is 20.3 Å². The molecule has 3 rings (SSSR count). The summed E-state index contributed by atoms with van der Waals surface area (Å²) >= 11 is 1.74. The predicted octanol–water partition coefficient (Wildman–Crippen LogP) is 5.31. The summed E-state index contributed by atoms with van der Waals surface area (Å²) in [6.45, 7) is 8.85. The second kappa shape index (κ2) is 12.2. The maximum Gasteiger partial charge on any atom is 0.123 e. The molecule has 2 aromatic carbocycles. The number of aryl methyl sites for hydroxylation is 1. The van der Waals surface area contributed by atoms with Gasteiger partial charge in [-0.3, -0.25) is 0 Å². The van der Waals surface area contributed by atoms with Crippen molar-refractivity contribution in [3.05, 3.63) is 58.7 Å². The van der Waals surface area contributed by atoms with Crippen LogP contribution in [0.5, 0.6) is 11.5 Å². The number of hydrogen-bond donors (Lipinski definition) is 2. The van der Waals surface area contributed by atoms with E-state index < -0.39 is 0 Å². The third-order valence-corrected chi connectivity index (χ3v) is 6.75. The van der Waals surface area contributed by atoms with E-state index in [2.05, 4.69) is 31.2 Å². The first-order valence-electron chi connectivity index (χ1n) is 10.9. The van der Waals surface area contributed by atoms with Gasteiger partial charge in [-0.05, 0) is 68.0 Å². The van der Waals surface area contributed by atoms with Gasteiger partial charge >= 0.3 is 0 Å². The summed E-state index contributed by atoms with van der Waals surface area (Å²) in [6.07, 6.45) is 1.77. The largest absolute Gasteiger partial charge is 0.496 e. The number of hydrogen-bond acceptors (Lipinski definition) is 5. The van der Waals surface area contributed by atoms with Crippen LogP contribution in [0.1, 0.15) is 61.1 Å². The van der Waals surface area contributed by atoms with Crippen molar-refractivity contribution in [2.24, 2.45) is 0 Å². The van der Waals surface area contributed by atoms with E-state index in [1.54, 1.807) is 18.9 Å². The molecule has 4 nitrogen and oxygen atoms in total. The summed E-state index contributed by atoms with van der Waals surface area (Å²) in [4.78, 5) is 0. The fourth-order valence-corrected chi connectivity index (χ4v) is 5.31. The second-order valence-corrected chi connectivity index (χ2v) is 8.84. The van der Waals surface area contributed by atoms with Crippen LogP contribution in [0.4, 0.5) is 0 Å². The van der Waals surface area contributed by atoms with Gasteiger partial charge < -0.3 is 19.7 Å². The normalized spacial score (nSPS) is 20.8. The lowest BCUT2D eigenvalue weighted by Crippen LogP contribution is -2.27. The lowest BCUT2D eigenvalue weighted by atomic mass is 9.94. The minimum Gasteiger partial charge on any atom is -0.496 e. The highest BCUT2D eigenvalue weighted by Gasteiger charge is 2.31. The van der Waals surface area contributed by atoms with Crippen LogP contribution in [0.15, 0.2) is 36.4 Å². The van der Waals surface area contributed by atoms with Crippen molar-refractivity contribution in [1.29, 1.82) is 0 Å². The fourth-order valence-electron chi connectivity index (χ4n) is 3.76. The molecular weight excluding hydrogens is 396 g/mol. The molecule has 3 atom stereocenters. The Morgan fingerprint density at radius 1 is 1.10 bits per heavy atom.